The van der Waals surface area contributed by atoms with Gasteiger partial charge in [-0.05, 0) is 36.4 Å². The summed E-state index contributed by atoms with van der Waals surface area (Å²) in [4.78, 5) is 0. The van der Waals surface area contributed by atoms with Crippen LogP contribution in [-0.2, 0) is 14.1 Å². The first-order valence-electron chi connectivity index (χ1n) is 16.6. The molecule has 0 atom stereocenters. The topological polar surface area (TPSA) is 58.6 Å². The molecule has 0 amide bonds. The van der Waals surface area contributed by atoms with E-state index in [0.717, 1.165) is 45.1 Å². The molecule has 8 aromatic rings. The second-order valence-corrected chi connectivity index (χ2v) is 12.0. The molecule has 2 N–H and O–H groups in total. The highest BCUT2D eigenvalue weighted by atomic mass is 15.3. The van der Waals surface area contributed by atoms with Crippen LogP contribution in [0.25, 0.3) is 21.8 Å². The van der Waals surface area contributed by atoms with Gasteiger partial charge in [0, 0.05) is 70.5 Å². The molecule has 244 valence electrons. The fraction of sp³-hybridized carbons (Fsp3) is 0.0455. The van der Waals surface area contributed by atoms with Crippen molar-refractivity contribution in [3.05, 3.63) is 205 Å². The molecule has 2 aromatic heterocycles. The fourth-order valence-electron chi connectivity index (χ4n) is 6.08. The Bertz CT molecular complexity index is 2200. The summed E-state index contributed by atoms with van der Waals surface area (Å²) < 4.78 is 4.29. The lowest BCUT2D eigenvalue weighted by Crippen LogP contribution is -2.06. The van der Waals surface area contributed by atoms with Gasteiger partial charge in [0.1, 0.15) is 0 Å². The van der Waals surface area contributed by atoms with Crippen LogP contribution in [0.4, 0.5) is 11.4 Å². The molecule has 0 unspecified atom stereocenters. The third-order valence-electron chi connectivity index (χ3n) is 8.54. The van der Waals surface area contributed by atoms with Crippen molar-refractivity contribution < 1.29 is 0 Å². The molecule has 6 aromatic carbocycles. The van der Waals surface area contributed by atoms with Crippen LogP contribution in [0.3, 0.4) is 0 Å². The van der Waals surface area contributed by atoms with Crippen LogP contribution < -0.4 is 10.9 Å². The summed E-state index contributed by atoms with van der Waals surface area (Å²) in [5, 5.41) is 11.9. The third kappa shape index (κ3) is 7.10. The van der Waals surface area contributed by atoms with E-state index in [2.05, 4.69) is 119 Å². The summed E-state index contributed by atoms with van der Waals surface area (Å²) >= 11 is 0. The summed E-state index contributed by atoms with van der Waals surface area (Å²) in [6.45, 7) is 0. The van der Waals surface area contributed by atoms with E-state index in [-0.39, 0.29) is 0 Å². The zero-order valence-electron chi connectivity index (χ0n) is 28.1. The Balaban J connectivity index is 0.000000157. The maximum Gasteiger partial charge on any atom is 0.0999 e. The fourth-order valence-corrected chi connectivity index (χ4v) is 6.08. The van der Waals surface area contributed by atoms with E-state index in [1.807, 2.05) is 97.1 Å². The molecule has 0 radical (unpaired) electrons. The highest BCUT2D eigenvalue weighted by Gasteiger charge is 2.15. The Kier molecular flexibility index (Phi) is 9.61. The summed E-state index contributed by atoms with van der Waals surface area (Å²) in [5.41, 5.74) is 17.0. The van der Waals surface area contributed by atoms with Crippen molar-refractivity contribution in [3.8, 4) is 0 Å². The number of hydrazone groups is 2. The van der Waals surface area contributed by atoms with Crippen molar-refractivity contribution in [2.45, 2.75) is 0 Å². The number of hydrogen-bond donors (Lipinski definition) is 2. The van der Waals surface area contributed by atoms with E-state index in [9.17, 15) is 0 Å². The van der Waals surface area contributed by atoms with Crippen LogP contribution in [0.2, 0.25) is 0 Å². The molecule has 50 heavy (non-hydrogen) atoms. The smallest absolute Gasteiger partial charge is 0.0999 e. The van der Waals surface area contributed by atoms with E-state index in [1.165, 1.54) is 21.8 Å². The van der Waals surface area contributed by atoms with E-state index in [0.29, 0.717) is 0 Å². The van der Waals surface area contributed by atoms with Crippen LogP contribution >= 0.6 is 0 Å². The number of para-hydroxylation sites is 4. The van der Waals surface area contributed by atoms with Gasteiger partial charge in [-0.25, -0.2) is 0 Å². The van der Waals surface area contributed by atoms with Crippen LogP contribution in [0, 0.1) is 0 Å². The van der Waals surface area contributed by atoms with Gasteiger partial charge in [0.25, 0.3) is 0 Å². The Morgan fingerprint density at radius 1 is 0.400 bits per heavy atom. The van der Waals surface area contributed by atoms with Gasteiger partial charge >= 0.3 is 0 Å². The lowest BCUT2D eigenvalue weighted by Gasteiger charge is -2.08. The molecule has 0 aliphatic carbocycles. The molecule has 8 rings (SSSR count). The van der Waals surface area contributed by atoms with Gasteiger partial charge < -0.3 is 9.13 Å². The minimum Gasteiger partial charge on any atom is -0.350 e. The number of nitrogens with zero attached hydrogens (tertiary/aromatic N) is 4. The quantitative estimate of drug-likeness (QED) is 0.127. The number of nitrogens with one attached hydrogen (secondary N) is 2. The number of fused-ring (bicyclic) bond motifs is 2. The predicted molar refractivity (Wildman–Crippen MR) is 210 cm³/mol. The molecule has 2 heterocycles. The zero-order valence-corrected chi connectivity index (χ0v) is 28.1. The number of hydrogen-bond acceptors (Lipinski definition) is 4. The third-order valence-corrected chi connectivity index (χ3v) is 8.54. The lowest BCUT2D eigenvalue weighted by molar-refractivity contribution is 0.968. The van der Waals surface area contributed by atoms with Gasteiger partial charge in [-0.1, -0.05) is 133 Å². The number of benzene rings is 6. The van der Waals surface area contributed by atoms with Gasteiger partial charge in [0.2, 0.25) is 0 Å². The second kappa shape index (κ2) is 15.0. The van der Waals surface area contributed by atoms with E-state index < -0.39 is 0 Å². The number of aryl methyl sites for hydroxylation is 2. The summed E-state index contributed by atoms with van der Waals surface area (Å²) in [7, 11) is 4.14. The summed E-state index contributed by atoms with van der Waals surface area (Å²) in [6.07, 6.45) is 4.28. The second-order valence-electron chi connectivity index (χ2n) is 12.0. The Morgan fingerprint density at radius 3 is 1.10 bits per heavy atom. The van der Waals surface area contributed by atoms with Crippen molar-refractivity contribution in [3.63, 3.8) is 0 Å². The standard InChI is InChI=1S/2C22H19N3/c2*1-25-16-20(19-14-8-9-15-21(19)25)22(17-10-4-2-5-11-17)24-23-18-12-6-3-7-13-18/h2*2-16,23H,1H3/b2*24-22-. The highest BCUT2D eigenvalue weighted by Crippen LogP contribution is 2.25. The summed E-state index contributed by atoms with van der Waals surface area (Å²) in [6, 6.07) is 57.4. The maximum atomic E-state index is 4.75. The van der Waals surface area contributed by atoms with Crippen LogP contribution in [0.1, 0.15) is 22.3 Å². The average Bonchev–Trinajstić information content (AvgIpc) is 3.70. The molecule has 6 nitrogen and oxygen atoms in total. The van der Waals surface area contributed by atoms with Crippen molar-refractivity contribution in [2.24, 2.45) is 24.3 Å². The molecule has 0 aliphatic rings. The van der Waals surface area contributed by atoms with Crippen LogP contribution in [0.15, 0.2) is 192 Å². The number of rotatable bonds is 8. The monoisotopic (exact) mass is 650 g/mol. The first-order valence-corrected chi connectivity index (χ1v) is 16.6. The van der Waals surface area contributed by atoms with Gasteiger partial charge in [0.15, 0.2) is 0 Å². The minimum absolute atomic E-state index is 0.932. The average molecular weight is 651 g/mol. The molecule has 0 spiro atoms. The molecule has 0 bridgehead atoms. The maximum absolute atomic E-state index is 4.75. The normalized spacial score (nSPS) is 11.6. The Hall–Kier alpha value is -6.66. The number of anilines is 2. The minimum atomic E-state index is 0.932. The molecule has 0 saturated heterocycles. The van der Waals surface area contributed by atoms with Gasteiger partial charge in [-0.3, -0.25) is 10.9 Å². The van der Waals surface area contributed by atoms with Crippen LogP contribution in [-0.4, -0.2) is 20.6 Å². The molecule has 6 heteroatoms. The van der Waals surface area contributed by atoms with Crippen molar-refractivity contribution in [1.29, 1.82) is 0 Å². The van der Waals surface area contributed by atoms with Gasteiger partial charge in [-0.15, -0.1) is 0 Å². The number of aromatic nitrogens is 2. The Morgan fingerprint density at radius 2 is 0.720 bits per heavy atom. The molecular formula is C44H38N6. The first-order chi connectivity index (χ1) is 24.7. The highest BCUT2D eigenvalue weighted by molar-refractivity contribution is 6.20. The van der Waals surface area contributed by atoms with Gasteiger partial charge in [0.05, 0.1) is 22.8 Å². The van der Waals surface area contributed by atoms with E-state index >= 15 is 0 Å². The van der Waals surface area contributed by atoms with Crippen molar-refractivity contribution in [2.75, 3.05) is 10.9 Å². The van der Waals surface area contributed by atoms with E-state index in [4.69, 9.17) is 10.2 Å². The van der Waals surface area contributed by atoms with Gasteiger partial charge in [-0.2, -0.15) is 10.2 Å². The molecule has 0 saturated carbocycles. The zero-order chi connectivity index (χ0) is 34.1. The SMILES string of the molecule is Cn1cc(/C(=N\Nc2ccccc2)c2ccccc2)c2ccccc21.Cn1cc(/C(=N\Nc2ccccc2)c2ccccc2)c2ccccc21. The first kappa shape index (κ1) is 31.9. The van der Waals surface area contributed by atoms with Crippen molar-refractivity contribution >= 4 is 44.6 Å². The molecular weight excluding hydrogens is 613 g/mol. The predicted octanol–water partition coefficient (Wildman–Crippen LogP) is 10.1. The van der Waals surface area contributed by atoms with Crippen molar-refractivity contribution in [1.82, 2.24) is 9.13 Å². The molecule has 0 fully saturated rings. The lowest BCUT2D eigenvalue weighted by atomic mass is 10.0. The largest absolute Gasteiger partial charge is 0.350 e. The van der Waals surface area contributed by atoms with E-state index in [1.54, 1.807) is 0 Å². The summed E-state index contributed by atoms with van der Waals surface area (Å²) in [5.74, 6) is 0. The van der Waals surface area contributed by atoms with Crippen LogP contribution in [0.5, 0.6) is 0 Å². The Labute approximate surface area is 292 Å². The molecule has 0 aliphatic heterocycles.